The molecule has 0 aliphatic rings. The minimum Gasteiger partial charge on any atom is -0.311 e. The summed E-state index contributed by atoms with van der Waals surface area (Å²) < 4.78 is 0. The van der Waals surface area contributed by atoms with Crippen LogP contribution in [0.3, 0.4) is 0 Å². The molecule has 1 rings (SSSR count). The number of nitrogens with one attached hydrogen (secondary N) is 1. The summed E-state index contributed by atoms with van der Waals surface area (Å²) in [5, 5.41) is 3.53. The molecule has 0 radical (unpaired) electrons. The maximum absolute atomic E-state index is 3.53. The molecule has 0 unspecified atom stereocenters. The van der Waals surface area contributed by atoms with Crippen LogP contribution in [0.1, 0.15) is 38.3 Å². The molecule has 0 bridgehead atoms. The lowest BCUT2D eigenvalue weighted by Gasteiger charge is -2.23. The van der Waals surface area contributed by atoms with Crippen molar-refractivity contribution in [3.8, 4) is 0 Å². The van der Waals surface area contributed by atoms with Crippen LogP contribution in [0.15, 0.2) is 24.3 Å². The maximum Gasteiger partial charge on any atom is 0.0104 e. The highest BCUT2D eigenvalue weighted by Crippen LogP contribution is 2.06. The third-order valence-corrected chi connectivity index (χ3v) is 3.24. The van der Waals surface area contributed by atoms with E-state index in [0.29, 0.717) is 0 Å². The van der Waals surface area contributed by atoms with Gasteiger partial charge in [0.05, 0.1) is 0 Å². The quantitative estimate of drug-likeness (QED) is 0.811. The second kappa shape index (κ2) is 7.66. The van der Waals surface area contributed by atoms with Gasteiger partial charge in [-0.3, -0.25) is 0 Å². The van der Waals surface area contributed by atoms with E-state index in [1.165, 1.54) is 30.5 Å². The Kier molecular flexibility index (Phi) is 6.53. The first kappa shape index (κ1) is 16.2. The fourth-order valence-corrected chi connectivity index (χ4v) is 2.15. The zero-order valence-electron chi connectivity index (χ0n) is 13.3. The number of benzene rings is 1. The summed E-state index contributed by atoms with van der Waals surface area (Å²) in [4.78, 5) is 2.41. The van der Waals surface area contributed by atoms with E-state index in [2.05, 4.69) is 69.2 Å². The van der Waals surface area contributed by atoms with Crippen molar-refractivity contribution >= 4 is 0 Å². The molecule has 0 heterocycles. The van der Waals surface area contributed by atoms with E-state index in [9.17, 15) is 0 Å². The Hall–Kier alpha value is -0.860. The van der Waals surface area contributed by atoms with Crippen molar-refractivity contribution in [3.05, 3.63) is 35.4 Å². The van der Waals surface area contributed by atoms with E-state index >= 15 is 0 Å². The van der Waals surface area contributed by atoms with Gasteiger partial charge in [0.2, 0.25) is 0 Å². The smallest absolute Gasteiger partial charge is 0.0104 e. The maximum atomic E-state index is 3.53. The van der Waals surface area contributed by atoms with Crippen molar-refractivity contribution in [2.24, 2.45) is 0 Å². The average Bonchev–Trinajstić information content (AvgIpc) is 2.27. The van der Waals surface area contributed by atoms with Gasteiger partial charge in [0.25, 0.3) is 0 Å². The number of nitrogens with zero attached hydrogens (tertiary/aromatic N) is 1. The average molecular weight is 262 g/mol. The molecule has 2 heteroatoms. The van der Waals surface area contributed by atoms with Crippen LogP contribution in [0.5, 0.6) is 0 Å². The summed E-state index contributed by atoms with van der Waals surface area (Å²) in [6.07, 6.45) is 2.41. The van der Waals surface area contributed by atoms with E-state index in [4.69, 9.17) is 0 Å². The Morgan fingerprint density at radius 1 is 1.16 bits per heavy atom. The summed E-state index contributed by atoms with van der Waals surface area (Å²) >= 11 is 0. The van der Waals surface area contributed by atoms with Gasteiger partial charge in [0, 0.05) is 18.6 Å². The van der Waals surface area contributed by atoms with Crippen LogP contribution in [-0.4, -0.2) is 37.1 Å². The van der Waals surface area contributed by atoms with E-state index < -0.39 is 0 Å². The fraction of sp³-hybridized carbons (Fsp3) is 0.647. The standard InChI is InChI=1S/C17H30N2/c1-15-8-6-9-16(14-15)10-7-12-19(5)13-11-18-17(2,3)4/h6,8-9,14,18H,7,10-13H2,1-5H3. The first-order chi connectivity index (χ1) is 8.87. The molecule has 2 nitrogen and oxygen atoms in total. The van der Waals surface area contributed by atoms with Crippen LogP contribution in [0.2, 0.25) is 0 Å². The molecule has 0 aromatic heterocycles. The largest absolute Gasteiger partial charge is 0.311 e. The van der Waals surface area contributed by atoms with E-state index in [1.54, 1.807) is 0 Å². The number of rotatable bonds is 7. The molecule has 108 valence electrons. The molecule has 1 aromatic carbocycles. The Morgan fingerprint density at radius 3 is 2.53 bits per heavy atom. The molecule has 1 aromatic rings. The number of hydrogen-bond donors (Lipinski definition) is 1. The number of likely N-dealkylation sites (N-methyl/N-ethyl adjacent to an activating group) is 1. The molecule has 0 amide bonds. The van der Waals surface area contributed by atoms with E-state index in [-0.39, 0.29) is 5.54 Å². The zero-order valence-corrected chi connectivity index (χ0v) is 13.3. The minimum atomic E-state index is 0.225. The van der Waals surface area contributed by atoms with Gasteiger partial charge < -0.3 is 10.2 Å². The molecule has 0 aliphatic heterocycles. The van der Waals surface area contributed by atoms with Crippen LogP contribution in [0.25, 0.3) is 0 Å². The summed E-state index contributed by atoms with van der Waals surface area (Å²) in [5.74, 6) is 0. The van der Waals surface area contributed by atoms with Gasteiger partial charge in [-0.15, -0.1) is 0 Å². The van der Waals surface area contributed by atoms with Gasteiger partial charge in [-0.2, -0.15) is 0 Å². The predicted molar refractivity (Wildman–Crippen MR) is 84.8 cm³/mol. The molecule has 0 spiro atoms. The van der Waals surface area contributed by atoms with Crippen LogP contribution >= 0.6 is 0 Å². The van der Waals surface area contributed by atoms with Gasteiger partial charge in [0.15, 0.2) is 0 Å². The van der Waals surface area contributed by atoms with Gasteiger partial charge in [0.1, 0.15) is 0 Å². The van der Waals surface area contributed by atoms with Crippen molar-refractivity contribution in [1.29, 1.82) is 0 Å². The van der Waals surface area contributed by atoms with Crippen molar-refractivity contribution in [2.45, 2.75) is 46.1 Å². The highest BCUT2D eigenvalue weighted by Gasteiger charge is 2.08. The number of hydrogen-bond acceptors (Lipinski definition) is 2. The molecule has 0 fully saturated rings. The molecule has 0 saturated carbocycles. The Balaban J connectivity index is 2.15. The Labute approximate surface area is 119 Å². The van der Waals surface area contributed by atoms with Crippen LogP contribution in [0, 0.1) is 6.92 Å². The van der Waals surface area contributed by atoms with Crippen molar-refractivity contribution in [3.63, 3.8) is 0 Å². The molecule has 0 atom stereocenters. The normalized spacial score (nSPS) is 12.1. The second-order valence-electron chi connectivity index (χ2n) is 6.57. The monoisotopic (exact) mass is 262 g/mol. The molecule has 0 aliphatic carbocycles. The van der Waals surface area contributed by atoms with Crippen molar-refractivity contribution in [1.82, 2.24) is 10.2 Å². The van der Waals surface area contributed by atoms with Crippen molar-refractivity contribution in [2.75, 3.05) is 26.7 Å². The van der Waals surface area contributed by atoms with E-state index in [1.807, 2.05) is 0 Å². The van der Waals surface area contributed by atoms with Crippen molar-refractivity contribution < 1.29 is 0 Å². The summed E-state index contributed by atoms with van der Waals surface area (Å²) in [5.41, 5.74) is 3.05. The first-order valence-corrected chi connectivity index (χ1v) is 7.36. The summed E-state index contributed by atoms with van der Waals surface area (Å²) in [6, 6.07) is 8.84. The highest BCUT2D eigenvalue weighted by atomic mass is 15.1. The lowest BCUT2D eigenvalue weighted by molar-refractivity contribution is 0.306. The molecular formula is C17H30N2. The molecule has 0 saturated heterocycles. The Bertz CT molecular complexity index is 366. The topological polar surface area (TPSA) is 15.3 Å². The van der Waals surface area contributed by atoms with Gasteiger partial charge in [-0.1, -0.05) is 29.8 Å². The van der Waals surface area contributed by atoms with Crippen LogP contribution < -0.4 is 5.32 Å². The lowest BCUT2D eigenvalue weighted by atomic mass is 10.1. The minimum absolute atomic E-state index is 0.225. The van der Waals surface area contributed by atoms with Crippen LogP contribution in [0.4, 0.5) is 0 Å². The molecular weight excluding hydrogens is 232 g/mol. The third-order valence-electron chi connectivity index (χ3n) is 3.24. The molecule has 1 N–H and O–H groups in total. The predicted octanol–water partition coefficient (Wildman–Crippen LogP) is 3.25. The first-order valence-electron chi connectivity index (χ1n) is 7.36. The third kappa shape index (κ3) is 8.02. The van der Waals surface area contributed by atoms with E-state index in [0.717, 1.165) is 13.1 Å². The zero-order chi connectivity index (χ0) is 14.3. The van der Waals surface area contributed by atoms with Gasteiger partial charge in [-0.25, -0.2) is 0 Å². The number of aryl methyl sites for hydroxylation is 2. The SMILES string of the molecule is Cc1cccc(CCCN(C)CCNC(C)(C)C)c1. The van der Waals surface area contributed by atoms with Gasteiger partial charge in [-0.05, 0) is 59.7 Å². The fourth-order valence-electron chi connectivity index (χ4n) is 2.15. The van der Waals surface area contributed by atoms with Crippen LogP contribution in [-0.2, 0) is 6.42 Å². The summed E-state index contributed by atoms with van der Waals surface area (Å²) in [7, 11) is 2.21. The molecule has 19 heavy (non-hydrogen) atoms. The lowest BCUT2D eigenvalue weighted by Crippen LogP contribution is -2.40. The summed E-state index contributed by atoms with van der Waals surface area (Å²) in [6.45, 7) is 12.1. The highest BCUT2D eigenvalue weighted by molar-refractivity contribution is 5.22. The van der Waals surface area contributed by atoms with Gasteiger partial charge >= 0.3 is 0 Å². The Morgan fingerprint density at radius 2 is 1.89 bits per heavy atom. The second-order valence-corrected chi connectivity index (χ2v) is 6.57.